The number of halogens is 1. The molecule has 2 heterocycles. The predicted molar refractivity (Wildman–Crippen MR) is 79.9 cm³/mol. The van der Waals surface area contributed by atoms with Gasteiger partial charge in [0, 0.05) is 6.04 Å². The molecule has 0 aliphatic rings. The first kappa shape index (κ1) is 15.9. The molecule has 0 saturated carbocycles. The molecule has 2 rings (SSSR count). The molecule has 5 nitrogen and oxygen atoms in total. The van der Waals surface area contributed by atoms with Gasteiger partial charge < -0.3 is 15.5 Å². The van der Waals surface area contributed by atoms with Crippen LogP contribution in [0.1, 0.15) is 32.2 Å². The van der Waals surface area contributed by atoms with Gasteiger partial charge in [-0.2, -0.15) is 11.3 Å². The molecular formula is C12H19ClN4OS. The zero-order valence-electron chi connectivity index (χ0n) is 11.2. The van der Waals surface area contributed by atoms with Crippen molar-refractivity contribution in [2.45, 2.75) is 38.8 Å². The number of nitrogens with two attached hydrogens (primary N) is 1. The van der Waals surface area contributed by atoms with Gasteiger partial charge in [0.2, 0.25) is 5.89 Å². The van der Waals surface area contributed by atoms with Crippen LogP contribution in [-0.2, 0) is 12.0 Å². The molecule has 1 atom stereocenters. The third kappa shape index (κ3) is 4.49. The molecule has 3 N–H and O–H groups in total. The summed E-state index contributed by atoms with van der Waals surface area (Å²) in [6, 6.07) is 2.77. The van der Waals surface area contributed by atoms with Gasteiger partial charge in [-0.05, 0) is 49.6 Å². The summed E-state index contributed by atoms with van der Waals surface area (Å²) in [4.78, 5) is 0. The number of hydrogen-bond donors (Lipinski definition) is 2. The lowest BCUT2D eigenvalue weighted by Crippen LogP contribution is -2.29. The Kier molecular flexibility index (Phi) is 5.34. The summed E-state index contributed by atoms with van der Waals surface area (Å²) >= 11 is 1.70. The molecule has 0 aliphatic carbocycles. The molecule has 1 unspecified atom stereocenters. The quantitative estimate of drug-likeness (QED) is 0.888. The molecular weight excluding hydrogens is 284 g/mol. The lowest BCUT2D eigenvalue weighted by atomic mass is 10.1. The van der Waals surface area contributed by atoms with Crippen molar-refractivity contribution in [3.05, 3.63) is 28.3 Å². The monoisotopic (exact) mass is 302 g/mol. The van der Waals surface area contributed by atoms with Gasteiger partial charge >= 0.3 is 6.01 Å². The average Bonchev–Trinajstić information content (AvgIpc) is 2.87. The van der Waals surface area contributed by atoms with Gasteiger partial charge in [0.15, 0.2) is 0 Å². The highest BCUT2D eigenvalue weighted by Crippen LogP contribution is 2.18. The van der Waals surface area contributed by atoms with Crippen LogP contribution in [0.3, 0.4) is 0 Å². The van der Waals surface area contributed by atoms with E-state index in [0.29, 0.717) is 11.9 Å². The number of aromatic nitrogens is 2. The maximum Gasteiger partial charge on any atom is 0.315 e. The van der Waals surface area contributed by atoms with Gasteiger partial charge in [0.1, 0.15) is 0 Å². The van der Waals surface area contributed by atoms with Crippen LogP contribution in [0.25, 0.3) is 0 Å². The fourth-order valence-corrected chi connectivity index (χ4v) is 2.25. The van der Waals surface area contributed by atoms with E-state index in [1.54, 1.807) is 11.3 Å². The zero-order valence-corrected chi connectivity index (χ0v) is 12.8. The van der Waals surface area contributed by atoms with Gasteiger partial charge in [-0.3, -0.25) is 0 Å². The van der Waals surface area contributed by atoms with E-state index in [0.717, 1.165) is 6.42 Å². The van der Waals surface area contributed by atoms with E-state index in [-0.39, 0.29) is 18.4 Å². The molecule has 2 aromatic heterocycles. The van der Waals surface area contributed by atoms with Crippen LogP contribution in [0.2, 0.25) is 0 Å². The minimum Gasteiger partial charge on any atom is -0.406 e. The lowest BCUT2D eigenvalue weighted by molar-refractivity contribution is 0.383. The number of nitrogens with zero attached hydrogens (tertiary/aromatic N) is 2. The highest BCUT2D eigenvalue weighted by atomic mass is 35.5. The largest absolute Gasteiger partial charge is 0.406 e. The van der Waals surface area contributed by atoms with Crippen molar-refractivity contribution in [2.75, 3.05) is 5.32 Å². The van der Waals surface area contributed by atoms with Crippen LogP contribution in [0.15, 0.2) is 21.2 Å². The maximum atomic E-state index is 5.89. The third-order valence-electron chi connectivity index (χ3n) is 2.47. The van der Waals surface area contributed by atoms with E-state index in [1.807, 2.05) is 13.8 Å². The predicted octanol–water partition coefficient (Wildman–Crippen LogP) is 2.79. The molecule has 19 heavy (non-hydrogen) atoms. The molecule has 0 bridgehead atoms. The highest BCUT2D eigenvalue weighted by Gasteiger charge is 2.22. The van der Waals surface area contributed by atoms with Crippen molar-refractivity contribution in [2.24, 2.45) is 5.73 Å². The summed E-state index contributed by atoms with van der Waals surface area (Å²) in [5, 5.41) is 15.3. The fraction of sp³-hybridized carbons (Fsp3) is 0.500. The summed E-state index contributed by atoms with van der Waals surface area (Å²) in [5.74, 6) is 0.438. The van der Waals surface area contributed by atoms with Crippen LogP contribution in [0, 0.1) is 0 Å². The highest BCUT2D eigenvalue weighted by molar-refractivity contribution is 7.07. The normalized spacial score (nSPS) is 12.8. The molecule has 0 aromatic carbocycles. The average molecular weight is 303 g/mol. The summed E-state index contributed by atoms with van der Waals surface area (Å²) < 4.78 is 5.48. The van der Waals surface area contributed by atoms with E-state index >= 15 is 0 Å². The Morgan fingerprint density at radius 1 is 1.47 bits per heavy atom. The Morgan fingerprint density at radius 2 is 2.21 bits per heavy atom. The Morgan fingerprint density at radius 3 is 2.74 bits per heavy atom. The van der Waals surface area contributed by atoms with Crippen molar-refractivity contribution in [3.8, 4) is 0 Å². The number of anilines is 1. The minimum absolute atomic E-state index is 0. The van der Waals surface area contributed by atoms with Crippen molar-refractivity contribution in [3.63, 3.8) is 0 Å². The van der Waals surface area contributed by atoms with E-state index in [1.165, 1.54) is 5.56 Å². The second kappa shape index (κ2) is 6.36. The smallest absolute Gasteiger partial charge is 0.315 e. The molecule has 2 aromatic rings. The summed E-state index contributed by atoms with van der Waals surface area (Å²) in [6.07, 6.45) is 0.924. The summed E-state index contributed by atoms with van der Waals surface area (Å²) in [5.41, 5.74) is 6.58. The van der Waals surface area contributed by atoms with Crippen LogP contribution >= 0.6 is 23.7 Å². The van der Waals surface area contributed by atoms with Crippen molar-refractivity contribution in [1.82, 2.24) is 10.2 Å². The second-order valence-electron chi connectivity index (χ2n) is 5.02. The topological polar surface area (TPSA) is 77.0 Å². The molecule has 0 saturated heterocycles. The molecule has 0 aliphatic heterocycles. The Labute approximate surface area is 123 Å². The number of rotatable bonds is 5. The maximum absolute atomic E-state index is 5.89. The van der Waals surface area contributed by atoms with Crippen LogP contribution in [0.5, 0.6) is 0 Å². The van der Waals surface area contributed by atoms with Gasteiger partial charge in [0.25, 0.3) is 0 Å². The first-order valence-electron chi connectivity index (χ1n) is 5.85. The SMILES string of the molecule is CC(Cc1ccsc1)Nc1nnc(C(C)(C)N)o1.Cl. The van der Waals surface area contributed by atoms with Crippen molar-refractivity contribution < 1.29 is 4.42 Å². The second-order valence-corrected chi connectivity index (χ2v) is 5.80. The van der Waals surface area contributed by atoms with Gasteiger partial charge in [-0.1, -0.05) is 5.10 Å². The van der Waals surface area contributed by atoms with E-state index < -0.39 is 5.54 Å². The van der Waals surface area contributed by atoms with E-state index in [9.17, 15) is 0 Å². The molecule has 106 valence electrons. The van der Waals surface area contributed by atoms with Gasteiger partial charge in [-0.15, -0.1) is 17.5 Å². The fourth-order valence-electron chi connectivity index (χ4n) is 1.57. The first-order valence-corrected chi connectivity index (χ1v) is 6.80. The number of nitrogens with one attached hydrogen (secondary N) is 1. The minimum atomic E-state index is -0.608. The Hall–Kier alpha value is -1.11. The lowest BCUT2D eigenvalue weighted by Gasteiger charge is -2.12. The van der Waals surface area contributed by atoms with Crippen LogP contribution < -0.4 is 11.1 Å². The molecule has 0 spiro atoms. The number of hydrogen-bond acceptors (Lipinski definition) is 6. The molecule has 0 amide bonds. The van der Waals surface area contributed by atoms with E-state index in [2.05, 4.69) is 39.3 Å². The summed E-state index contributed by atoms with van der Waals surface area (Å²) in [6.45, 7) is 5.74. The van der Waals surface area contributed by atoms with Gasteiger partial charge in [-0.25, -0.2) is 0 Å². The van der Waals surface area contributed by atoms with Crippen molar-refractivity contribution in [1.29, 1.82) is 0 Å². The Balaban J connectivity index is 0.00000180. The molecule has 0 fully saturated rings. The van der Waals surface area contributed by atoms with Crippen LogP contribution in [0.4, 0.5) is 6.01 Å². The standard InChI is InChI=1S/C12H18N4OS.ClH/c1-8(6-9-4-5-18-7-9)14-11-16-15-10(17-11)12(2,3)13;/h4-5,7-8H,6,13H2,1-3H3,(H,14,16);1H. The van der Waals surface area contributed by atoms with Crippen molar-refractivity contribution >= 4 is 29.8 Å². The summed E-state index contributed by atoms with van der Waals surface area (Å²) in [7, 11) is 0. The third-order valence-corrected chi connectivity index (χ3v) is 3.20. The van der Waals surface area contributed by atoms with Crippen LogP contribution in [-0.4, -0.2) is 16.2 Å². The molecule has 0 radical (unpaired) electrons. The number of thiophene rings is 1. The first-order chi connectivity index (χ1) is 8.45. The Bertz CT molecular complexity index is 492. The van der Waals surface area contributed by atoms with Gasteiger partial charge in [0.05, 0.1) is 5.54 Å². The van der Waals surface area contributed by atoms with E-state index in [4.69, 9.17) is 10.2 Å². The zero-order chi connectivity index (χ0) is 13.2. The molecule has 7 heteroatoms.